The Morgan fingerprint density at radius 1 is 1.23 bits per heavy atom. The van der Waals surface area contributed by atoms with Gasteiger partial charge in [0.05, 0.1) is 0 Å². The first-order chi connectivity index (χ1) is 12.2. The highest BCUT2D eigenvalue weighted by Crippen LogP contribution is 2.30. The zero-order chi connectivity index (χ0) is 18.9. The molecule has 0 saturated carbocycles. The molecule has 0 aliphatic carbocycles. The minimum Gasteiger partial charge on any atom is -0.490 e. The molecule has 26 heavy (non-hydrogen) atoms. The molecule has 1 aliphatic rings. The van der Waals surface area contributed by atoms with Crippen molar-refractivity contribution in [1.82, 2.24) is 14.7 Å². The van der Waals surface area contributed by atoms with Crippen molar-refractivity contribution in [1.29, 1.82) is 0 Å². The Bertz CT molecular complexity index is 782. The van der Waals surface area contributed by atoms with E-state index in [0.717, 1.165) is 6.07 Å². The van der Waals surface area contributed by atoms with Crippen LogP contribution in [0.1, 0.15) is 29.0 Å². The Hall–Kier alpha value is -2.22. The summed E-state index contributed by atoms with van der Waals surface area (Å²) in [6.07, 6.45) is -3.42. The van der Waals surface area contributed by atoms with E-state index in [1.807, 2.05) is 0 Å². The lowest BCUT2D eigenvalue weighted by molar-refractivity contribution is -0.143. The molecule has 5 nitrogen and oxygen atoms in total. The summed E-state index contributed by atoms with van der Waals surface area (Å²) in [5.74, 6) is 0.194. The number of amides is 1. The summed E-state index contributed by atoms with van der Waals surface area (Å²) in [5, 5.41) is 4.33. The van der Waals surface area contributed by atoms with Crippen molar-refractivity contribution >= 4 is 17.5 Å². The van der Waals surface area contributed by atoms with Gasteiger partial charge in [-0.2, -0.15) is 18.3 Å². The van der Waals surface area contributed by atoms with Crippen molar-refractivity contribution < 1.29 is 22.7 Å². The second-order valence-electron chi connectivity index (χ2n) is 6.10. The van der Waals surface area contributed by atoms with Gasteiger partial charge in [-0.15, -0.1) is 0 Å². The predicted molar refractivity (Wildman–Crippen MR) is 89.2 cm³/mol. The van der Waals surface area contributed by atoms with Crippen LogP contribution in [0.4, 0.5) is 13.2 Å². The lowest BCUT2D eigenvalue weighted by atomic mass is 10.1. The molecular formula is C17H17ClF3N3O2. The lowest BCUT2D eigenvalue weighted by Crippen LogP contribution is -2.42. The second kappa shape index (κ2) is 7.19. The molecule has 0 atom stereocenters. The zero-order valence-corrected chi connectivity index (χ0v) is 14.7. The van der Waals surface area contributed by atoms with E-state index in [2.05, 4.69) is 5.10 Å². The van der Waals surface area contributed by atoms with Crippen LogP contribution in [0.3, 0.4) is 0 Å². The third-order valence-electron chi connectivity index (χ3n) is 4.23. The largest absolute Gasteiger partial charge is 0.490 e. The molecule has 1 amide bonds. The monoisotopic (exact) mass is 387 g/mol. The van der Waals surface area contributed by atoms with Gasteiger partial charge in [-0.05, 0) is 24.3 Å². The summed E-state index contributed by atoms with van der Waals surface area (Å²) < 4.78 is 45.1. The minimum atomic E-state index is -4.54. The number of nitrogens with zero attached hydrogens (tertiary/aromatic N) is 3. The number of aromatic nitrogens is 2. The summed E-state index contributed by atoms with van der Waals surface area (Å²) in [7, 11) is 1.17. The summed E-state index contributed by atoms with van der Waals surface area (Å²) in [6.45, 7) is 0.796. The van der Waals surface area contributed by atoms with Crippen molar-refractivity contribution in [2.45, 2.75) is 25.1 Å². The first kappa shape index (κ1) is 18.6. The highest BCUT2D eigenvalue weighted by molar-refractivity contribution is 6.30. The van der Waals surface area contributed by atoms with Gasteiger partial charge in [-0.25, -0.2) is 0 Å². The number of ether oxygens (including phenoxy) is 1. The average Bonchev–Trinajstić information content (AvgIpc) is 2.99. The Balaban J connectivity index is 1.59. The number of hydrogen-bond acceptors (Lipinski definition) is 3. The molecule has 1 aromatic carbocycles. The van der Waals surface area contributed by atoms with Gasteiger partial charge < -0.3 is 9.64 Å². The predicted octanol–water partition coefficient (Wildman–Crippen LogP) is 3.78. The molecule has 1 aliphatic heterocycles. The number of benzene rings is 1. The number of hydrogen-bond donors (Lipinski definition) is 0. The third-order valence-corrected chi connectivity index (χ3v) is 4.49. The number of piperidine rings is 1. The zero-order valence-electron chi connectivity index (χ0n) is 14.0. The van der Waals surface area contributed by atoms with E-state index in [1.165, 1.54) is 11.9 Å². The number of carbonyl (C=O) groups excluding carboxylic acids is 1. The quantitative estimate of drug-likeness (QED) is 0.805. The van der Waals surface area contributed by atoms with Gasteiger partial charge in [0, 0.05) is 44.1 Å². The van der Waals surface area contributed by atoms with Crippen LogP contribution in [0.2, 0.25) is 5.02 Å². The smallest absolute Gasteiger partial charge is 0.433 e. The molecule has 0 radical (unpaired) electrons. The normalized spacial score (nSPS) is 16.0. The number of alkyl halides is 3. The molecule has 2 heterocycles. The fourth-order valence-corrected chi connectivity index (χ4v) is 3.01. The van der Waals surface area contributed by atoms with Crippen molar-refractivity contribution in [2.75, 3.05) is 13.1 Å². The number of aryl methyl sites for hydroxylation is 1. The summed E-state index contributed by atoms with van der Waals surface area (Å²) in [6, 6.07) is 7.79. The highest BCUT2D eigenvalue weighted by Gasteiger charge is 2.36. The van der Waals surface area contributed by atoms with E-state index in [-0.39, 0.29) is 11.8 Å². The van der Waals surface area contributed by atoms with Crippen LogP contribution < -0.4 is 4.74 Å². The molecule has 2 aromatic rings. The SMILES string of the molecule is Cn1nc(C(=O)N2CCC(Oc3ccc(Cl)cc3)CC2)cc1C(F)(F)F. The number of halogens is 4. The lowest BCUT2D eigenvalue weighted by Gasteiger charge is -2.31. The number of likely N-dealkylation sites (tertiary alicyclic amines) is 1. The highest BCUT2D eigenvalue weighted by atomic mass is 35.5. The van der Waals surface area contributed by atoms with E-state index in [0.29, 0.717) is 41.4 Å². The molecule has 3 rings (SSSR count). The van der Waals surface area contributed by atoms with Crippen LogP contribution in [0, 0.1) is 0 Å². The summed E-state index contributed by atoms with van der Waals surface area (Å²) in [4.78, 5) is 13.9. The molecule has 0 N–H and O–H groups in total. The molecule has 0 unspecified atom stereocenters. The van der Waals surface area contributed by atoms with Crippen LogP contribution in [-0.2, 0) is 13.2 Å². The van der Waals surface area contributed by atoms with Gasteiger partial charge in [0.15, 0.2) is 5.69 Å². The molecule has 0 bridgehead atoms. The fraction of sp³-hybridized carbons (Fsp3) is 0.412. The van der Waals surface area contributed by atoms with Crippen LogP contribution in [0.25, 0.3) is 0 Å². The second-order valence-corrected chi connectivity index (χ2v) is 6.54. The van der Waals surface area contributed by atoms with Gasteiger partial charge in [0.25, 0.3) is 5.91 Å². The Morgan fingerprint density at radius 2 is 1.85 bits per heavy atom. The third kappa shape index (κ3) is 4.12. The minimum absolute atomic E-state index is 0.0605. The molecule has 9 heteroatoms. The maximum absolute atomic E-state index is 12.8. The maximum atomic E-state index is 12.8. The van der Waals surface area contributed by atoms with Crippen LogP contribution in [-0.4, -0.2) is 39.8 Å². The first-order valence-electron chi connectivity index (χ1n) is 8.07. The molecule has 1 aromatic heterocycles. The summed E-state index contributed by atoms with van der Waals surface area (Å²) >= 11 is 5.83. The molecule has 0 spiro atoms. The Morgan fingerprint density at radius 3 is 2.38 bits per heavy atom. The number of rotatable bonds is 3. The first-order valence-corrected chi connectivity index (χ1v) is 8.44. The van der Waals surface area contributed by atoms with Gasteiger partial charge >= 0.3 is 6.18 Å². The van der Waals surface area contributed by atoms with Gasteiger partial charge in [-0.1, -0.05) is 11.6 Å². The average molecular weight is 388 g/mol. The van der Waals surface area contributed by atoms with Gasteiger partial charge in [-0.3, -0.25) is 9.48 Å². The topological polar surface area (TPSA) is 47.4 Å². The molecule has 1 fully saturated rings. The molecule has 140 valence electrons. The Labute approximate surface area is 153 Å². The van der Waals surface area contributed by atoms with Gasteiger partial charge in [0.1, 0.15) is 17.5 Å². The van der Waals surface area contributed by atoms with Crippen molar-refractivity contribution in [3.05, 3.63) is 46.7 Å². The molecular weight excluding hydrogens is 371 g/mol. The maximum Gasteiger partial charge on any atom is 0.433 e. The van der Waals surface area contributed by atoms with E-state index >= 15 is 0 Å². The van der Waals surface area contributed by atoms with E-state index in [1.54, 1.807) is 24.3 Å². The van der Waals surface area contributed by atoms with E-state index < -0.39 is 17.8 Å². The van der Waals surface area contributed by atoms with Crippen LogP contribution >= 0.6 is 11.6 Å². The van der Waals surface area contributed by atoms with Gasteiger partial charge in [0.2, 0.25) is 0 Å². The van der Waals surface area contributed by atoms with Crippen LogP contribution in [0.15, 0.2) is 30.3 Å². The van der Waals surface area contributed by atoms with Crippen molar-refractivity contribution in [2.24, 2.45) is 7.05 Å². The Kier molecular flexibility index (Phi) is 5.13. The standard InChI is InChI=1S/C17H17ClF3N3O2/c1-23-15(17(19,20)21)10-14(22-23)16(25)24-8-6-13(7-9-24)26-12-4-2-11(18)3-5-12/h2-5,10,13H,6-9H2,1H3. The number of carbonyl (C=O) groups is 1. The van der Waals surface area contributed by atoms with E-state index in [9.17, 15) is 18.0 Å². The fourth-order valence-electron chi connectivity index (χ4n) is 2.88. The van der Waals surface area contributed by atoms with Crippen molar-refractivity contribution in [3.8, 4) is 5.75 Å². The van der Waals surface area contributed by atoms with Crippen molar-refractivity contribution in [3.63, 3.8) is 0 Å². The molecule has 1 saturated heterocycles. The summed E-state index contributed by atoms with van der Waals surface area (Å²) in [5.41, 5.74) is -1.14. The van der Waals surface area contributed by atoms with Crippen LogP contribution in [0.5, 0.6) is 5.75 Å². The van der Waals surface area contributed by atoms with E-state index in [4.69, 9.17) is 16.3 Å².